The van der Waals surface area contributed by atoms with Crippen LogP contribution in [0.25, 0.3) is 10.2 Å². The second kappa shape index (κ2) is 8.70. The van der Waals surface area contributed by atoms with E-state index in [9.17, 15) is 4.79 Å². The monoisotopic (exact) mass is 429 g/mol. The lowest BCUT2D eigenvalue weighted by molar-refractivity contribution is 0.0987. The third-order valence-electron chi connectivity index (χ3n) is 5.11. The molecule has 5 nitrogen and oxygen atoms in total. The smallest absolute Gasteiger partial charge is 0.280 e. The van der Waals surface area contributed by atoms with E-state index in [1.807, 2.05) is 81.4 Å². The first-order chi connectivity index (χ1) is 14.9. The highest BCUT2D eigenvalue weighted by Crippen LogP contribution is 2.32. The molecule has 6 heteroatoms. The first-order valence-corrected chi connectivity index (χ1v) is 10.7. The Morgan fingerprint density at radius 2 is 1.77 bits per heavy atom. The maximum atomic E-state index is 13.4. The molecule has 31 heavy (non-hydrogen) atoms. The number of fused-ring (bicyclic) bond motifs is 1. The van der Waals surface area contributed by atoms with Gasteiger partial charge in [0.15, 0.2) is 0 Å². The van der Waals surface area contributed by atoms with E-state index in [2.05, 4.69) is 10.1 Å². The summed E-state index contributed by atoms with van der Waals surface area (Å²) >= 11 is 1.40. The highest BCUT2D eigenvalue weighted by Gasteiger charge is 2.21. The standard InChI is InChI=1S/C25H23N3O2S/c1-16-5-8-19(9-6-16)15-26-28(24(29)20-10-7-17(2)18(3)13-20)25-27-22-12-11-21(30-4)14-23(22)31-25/h5-15H,1-4H3/b26-15+. The van der Waals surface area contributed by atoms with Gasteiger partial charge in [-0.1, -0.05) is 47.2 Å². The van der Waals surface area contributed by atoms with Crippen molar-refractivity contribution in [3.8, 4) is 5.75 Å². The van der Waals surface area contributed by atoms with Gasteiger partial charge in [0, 0.05) is 5.56 Å². The lowest BCUT2D eigenvalue weighted by Crippen LogP contribution is -2.25. The molecule has 1 aromatic heterocycles. The van der Waals surface area contributed by atoms with Crippen molar-refractivity contribution in [3.63, 3.8) is 0 Å². The number of hydrogen-bond donors (Lipinski definition) is 0. The molecule has 0 spiro atoms. The Hall–Kier alpha value is -3.51. The zero-order valence-corrected chi connectivity index (χ0v) is 18.7. The van der Waals surface area contributed by atoms with Crippen LogP contribution >= 0.6 is 11.3 Å². The van der Waals surface area contributed by atoms with Crippen molar-refractivity contribution in [2.24, 2.45) is 5.10 Å². The molecule has 0 atom stereocenters. The van der Waals surface area contributed by atoms with Crippen LogP contribution in [0.2, 0.25) is 0 Å². The molecule has 0 saturated carbocycles. The highest BCUT2D eigenvalue weighted by atomic mass is 32.1. The van der Waals surface area contributed by atoms with E-state index in [1.165, 1.54) is 21.9 Å². The van der Waals surface area contributed by atoms with E-state index in [0.29, 0.717) is 10.7 Å². The second-order valence-corrected chi connectivity index (χ2v) is 8.41. The fourth-order valence-corrected chi connectivity index (χ4v) is 4.02. The predicted molar refractivity (Wildman–Crippen MR) is 128 cm³/mol. The van der Waals surface area contributed by atoms with Crippen molar-refractivity contribution < 1.29 is 9.53 Å². The van der Waals surface area contributed by atoms with E-state index >= 15 is 0 Å². The zero-order chi connectivity index (χ0) is 22.0. The van der Waals surface area contributed by atoms with Crippen LogP contribution in [0, 0.1) is 20.8 Å². The van der Waals surface area contributed by atoms with Gasteiger partial charge < -0.3 is 4.74 Å². The lowest BCUT2D eigenvalue weighted by Gasteiger charge is -2.14. The summed E-state index contributed by atoms with van der Waals surface area (Å²) in [5.74, 6) is 0.523. The number of thiazole rings is 1. The number of ether oxygens (including phenoxy) is 1. The fourth-order valence-electron chi connectivity index (χ4n) is 3.07. The topological polar surface area (TPSA) is 54.8 Å². The Balaban J connectivity index is 1.76. The number of hydrogen-bond acceptors (Lipinski definition) is 5. The Morgan fingerprint density at radius 1 is 1.00 bits per heavy atom. The summed E-state index contributed by atoms with van der Waals surface area (Å²) in [6.07, 6.45) is 1.69. The summed E-state index contributed by atoms with van der Waals surface area (Å²) in [5, 5.41) is 6.42. The number of methoxy groups -OCH3 is 1. The van der Waals surface area contributed by atoms with Crippen LogP contribution in [-0.2, 0) is 0 Å². The van der Waals surface area contributed by atoms with Crippen molar-refractivity contribution in [3.05, 3.63) is 88.5 Å². The van der Waals surface area contributed by atoms with Gasteiger partial charge in [-0.3, -0.25) is 4.79 Å². The summed E-state index contributed by atoms with van der Waals surface area (Å²) in [6.45, 7) is 6.06. The second-order valence-electron chi connectivity index (χ2n) is 7.40. The minimum Gasteiger partial charge on any atom is -0.497 e. The molecule has 0 unspecified atom stereocenters. The number of aromatic nitrogens is 1. The van der Waals surface area contributed by atoms with Crippen LogP contribution in [0.5, 0.6) is 5.75 Å². The highest BCUT2D eigenvalue weighted by molar-refractivity contribution is 7.22. The third-order valence-corrected chi connectivity index (χ3v) is 6.11. The molecule has 4 aromatic rings. The van der Waals surface area contributed by atoms with E-state index in [4.69, 9.17) is 4.74 Å². The van der Waals surface area contributed by atoms with Gasteiger partial charge in [-0.25, -0.2) is 4.98 Å². The first kappa shape index (κ1) is 20.8. The minimum atomic E-state index is -0.225. The molecule has 156 valence electrons. The van der Waals surface area contributed by atoms with Crippen LogP contribution in [0.1, 0.15) is 32.6 Å². The largest absolute Gasteiger partial charge is 0.497 e. The summed E-state index contributed by atoms with van der Waals surface area (Å²) < 4.78 is 6.25. The summed E-state index contributed by atoms with van der Waals surface area (Å²) in [5.41, 5.74) is 5.64. The van der Waals surface area contributed by atoms with E-state index in [-0.39, 0.29) is 5.91 Å². The van der Waals surface area contributed by atoms with Crippen LogP contribution < -0.4 is 9.75 Å². The van der Waals surface area contributed by atoms with Gasteiger partial charge in [0.05, 0.1) is 23.5 Å². The average molecular weight is 430 g/mol. The maximum Gasteiger partial charge on any atom is 0.280 e. The summed E-state index contributed by atoms with van der Waals surface area (Å²) in [4.78, 5) is 18.1. The van der Waals surface area contributed by atoms with Crippen LogP contribution in [-0.4, -0.2) is 24.2 Å². The molecular weight excluding hydrogens is 406 g/mol. The number of hydrazone groups is 1. The molecule has 0 aliphatic heterocycles. The maximum absolute atomic E-state index is 13.4. The molecule has 0 bridgehead atoms. The molecule has 0 N–H and O–H groups in total. The zero-order valence-electron chi connectivity index (χ0n) is 17.9. The molecule has 1 amide bonds. The van der Waals surface area contributed by atoms with Crippen molar-refractivity contribution >= 4 is 38.8 Å². The van der Waals surface area contributed by atoms with E-state index in [1.54, 1.807) is 13.3 Å². The number of nitrogens with zero attached hydrogens (tertiary/aromatic N) is 3. The number of benzene rings is 3. The Bertz CT molecular complexity index is 1280. The minimum absolute atomic E-state index is 0.225. The molecule has 0 fully saturated rings. The summed E-state index contributed by atoms with van der Waals surface area (Å²) in [7, 11) is 1.63. The van der Waals surface area contributed by atoms with Gasteiger partial charge in [0.2, 0.25) is 5.13 Å². The van der Waals surface area contributed by atoms with Crippen LogP contribution in [0.3, 0.4) is 0 Å². The number of carbonyl (C=O) groups excluding carboxylic acids is 1. The molecule has 0 aliphatic carbocycles. The van der Waals surface area contributed by atoms with Crippen molar-refractivity contribution in [2.75, 3.05) is 12.1 Å². The van der Waals surface area contributed by atoms with E-state index < -0.39 is 0 Å². The van der Waals surface area contributed by atoms with Gasteiger partial charge >= 0.3 is 0 Å². The molecule has 0 saturated heterocycles. The number of amides is 1. The van der Waals surface area contributed by atoms with Gasteiger partial charge in [0.1, 0.15) is 5.75 Å². The fraction of sp³-hybridized carbons (Fsp3) is 0.160. The molecule has 0 aliphatic rings. The van der Waals surface area contributed by atoms with Gasteiger partial charge in [-0.15, -0.1) is 0 Å². The molecule has 4 rings (SSSR count). The predicted octanol–water partition coefficient (Wildman–Crippen LogP) is 5.91. The number of aryl methyl sites for hydroxylation is 3. The third kappa shape index (κ3) is 4.49. The SMILES string of the molecule is COc1ccc2nc(N(/N=C/c3ccc(C)cc3)C(=O)c3ccc(C)c(C)c3)sc2c1. The van der Waals surface area contributed by atoms with Crippen LogP contribution in [0.15, 0.2) is 65.8 Å². The van der Waals surface area contributed by atoms with Gasteiger partial charge in [-0.2, -0.15) is 10.1 Å². The Labute approximate surface area is 185 Å². The van der Waals surface area contributed by atoms with Crippen molar-refractivity contribution in [2.45, 2.75) is 20.8 Å². The molecule has 0 radical (unpaired) electrons. The molecule has 1 heterocycles. The first-order valence-electron chi connectivity index (χ1n) is 9.91. The van der Waals surface area contributed by atoms with E-state index in [0.717, 1.165) is 32.7 Å². The molecular formula is C25H23N3O2S. The quantitative estimate of drug-likeness (QED) is 0.293. The Morgan fingerprint density at radius 3 is 2.48 bits per heavy atom. The lowest BCUT2D eigenvalue weighted by atomic mass is 10.1. The van der Waals surface area contributed by atoms with Gasteiger partial charge in [-0.05, 0) is 67.8 Å². The Kier molecular flexibility index (Phi) is 5.82. The number of rotatable bonds is 5. The average Bonchev–Trinajstić information content (AvgIpc) is 3.19. The van der Waals surface area contributed by atoms with Crippen LogP contribution in [0.4, 0.5) is 5.13 Å². The van der Waals surface area contributed by atoms with Crippen molar-refractivity contribution in [1.29, 1.82) is 0 Å². The summed E-state index contributed by atoms with van der Waals surface area (Å²) in [6, 6.07) is 19.3. The number of carbonyl (C=O) groups is 1. The van der Waals surface area contributed by atoms with Gasteiger partial charge in [0.25, 0.3) is 5.91 Å². The molecule has 3 aromatic carbocycles. The van der Waals surface area contributed by atoms with Crippen molar-refractivity contribution in [1.82, 2.24) is 4.98 Å². The number of anilines is 1. The normalized spacial score (nSPS) is 11.2.